The lowest BCUT2D eigenvalue weighted by molar-refractivity contribution is 0.0985. The SMILES string of the molecule is O=C(Cc1ccc(Oc2ccc(CC(=O)c3ccccc3)cc2)cc1)c1ccccc1. The fourth-order valence-electron chi connectivity index (χ4n) is 3.31. The lowest BCUT2D eigenvalue weighted by Crippen LogP contribution is -2.03. The monoisotopic (exact) mass is 406 g/mol. The average Bonchev–Trinajstić information content (AvgIpc) is 2.82. The zero-order chi connectivity index (χ0) is 21.5. The molecule has 0 aliphatic heterocycles. The minimum Gasteiger partial charge on any atom is -0.457 e. The first-order valence-corrected chi connectivity index (χ1v) is 10.2. The van der Waals surface area contributed by atoms with Crippen molar-refractivity contribution >= 4 is 11.6 Å². The van der Waals surface area contributed by atoms with Crippen molar-refractivity contribution in [3.63, 3.8) is 0 Å². The largest absolute Gasteiger partial charge is 0.457 e. The molecule has 0 atom stereocenters. The van der Waals surface area contributed by atoms with Crippen LogP contribution >= 0.6 is 0 Å². The molecule has 0 saturated heterocycles. The summed E-state index contributed by atoms with van der Waals surface area (Å²) < 4.78 is 5.90. The van der Waals surface area contributed by atoms with E-state index in [2.05, 4.69) is 0 Å². The predicted molar refractivity (Wildman–Crippen MR) is 122 cm³/mol. The second-order valence-electron chi connectivity index (χ2n) is 7.32. The third-order valence-corrected chi connectivity index (χ3v) is 5.00. The Morgan fingerprint density at radius 3 is 1.19 bits per heavy atom. The van der Waals surface area contributed by atoms with Crippen molar-refractivity contribution < 1.29 is 14.3 Å². The molecule has 0 radical (unpaired) electrons. The van der Waals surface area contributed by atoms with Gasteiger partial charge in [-0.15, -0.1) is 0 Å². The van der Waals surface area contributed by atoms with Gasteiger partial charge in [-0.05, 0) is 35.4 Å². The molecule has 0 amide bonds. The van der Waals surface area contributed by atoms with E-state index in [1.807, 2.05) is 109 Å². The van der Waals surface area contributed by atoms with E-state index >= 15 is 0 Å². The molecular weight excluding hydrogens is 384 g/mol. The van der Waals surface area contributed by atoms with Crippen molar-refractivity contribution in [1.29, 1.82) is 0 Å². The van der Waals surface area contributed by atoms with Crippen LogP contribution in [0, 0.1) is 0 Å². The summed E-state index contributed by atoms with van der Waals surface area (Å²) in [6, 6.07) is 33.7. The van der Waals surface area contributed by atoms with Crippen molar-refractivity contribution in [3.05, 3.63) is 131 Å². The predicted octanol–water partition coefficient (Wildman–Crippen LogP) is 6.33. The van der Waals surface area contributed by atoms with Gasteiger partial charge in [0.1, 0.15) is 11.5 Å². The Morgan fingerprint density at radius 2 is 0.839 bits per heavy atom. The highest BCUT2D eigenvalue weighted by Crippen LogP contribution is 2.23. The molecule has 4 aromatic carbocycles. The number of hydrogen-bond donors (Lipinski definition) is 0. The summed E-state index contributed by atoms with van der Waals surface area (Å²) in [5.41, 5.74) is 3.31. The van der Waals surface area contributed by atoms with Gasteiger partial charge in [0.05, 0.1) is 0 Å². The van der Waals surface area contributed by atoms with E-state index in [-0.39, 0.29) is 11.6 Å². The molecule has 0 aromatic heterocycles. The Hall–Kier alpha value is -3.98. The van der Waals surface area contributed by atoms with E-state index in [9.17, 15) is 9.59 Å². The first-order chi connectivity index (χ1) is 15.2. The Balaban J connectivity index is 1.34. The molecule has 0 N–H and O–H groups in total. The number of carbonyl (C=O) groups is 2. The van der Waals surface area contributed by atoms with Crippen LogP contribution in [0.4, 0.5) is 0 Å². The first kappa shape index (κ1) is 20.3. The van der Waals surface area contributed by atoms with Crippen molar-refractivity contribution in [2.24, 2.45) is 0 Å². The molecule has 0 saturated carbocycles. The minimum absolute atomic E-state index is 0.0925. The van der Waals surface area contributed by atoms with Crippen LogP contribution in [0.1, 0.15) is 31.8 Å². The highest BCUT2D eigenvalue weighted by molar-refractivity contribution is 5.98. The van der Waals surface area contributed by atoms with Gasteiger partial charge in [-0.25, -0.2) is 0 Å². The Kier molecular flexibility index (Phi) is 6.34. The molecule has 31 heavy (non-hydrogen) atoms. The van der Waals surface area contributed by atoms with Gasteiger partial charge >= 0.3 is 0 Å². The van der Waals surface area contributed by atoms with E-state index in [1.165, 1.54) is 0 Å². The molecule has 0 aliphatic rings. The second-order valence-corrected chi connectivity index (χ2v) is 7.32. The number of ether oxygens (including phenoxy) is 1. The molecule has 0 spiro atoms. The van der Waals surface area contributed by atoms with Crippen LogP contribution in [0.3, 0.4) is 0 Å². The Labute approximate surface area is 181 Å². The van der Waals surface area contributed by atoms with Gasteiger partial charge in [0.15, 0.2) is 11.6 Å². The van der Waals surface area contributed by atoms with Gasteiger partial charge < -0.3 is 4.74 Å². The molecule has 0 unspecified atom stereocenters. The summed E-state index contributed by atoms with van der Waals surface area (Å²) in [4.78, 5) is 24.7. The molecule has 152 valence electrons. The number of carbonyl (C=O) groups excluding carboxylic acids is 2. The Morgan fingerprint density at radius 1 is 0.484 bits per heavy atom. The summed E-state index contributed by atoms with van der Waals surface area (Å²) in [7, 11) is 0. The highest BCUT2D eigenvalue weighted by Gasteiger charge is 2.08. The maximum Gasteiger partial charge on any atom is 0.167 e. The molecular formula is C28H22O3. The standard InChI is InChI=1S/C28H22O3/c29-27(23-7-3-1-4-8-23)19-21-11-15-25(16-12-21)31-26-17-13-22(14-18-26)20-28(30)24-9-5-2-6-10-24/h1-18H,19-20H2. The summed E-state index contributed by atoms with van der Waals surface area (Å²) in [6.45, 7) is 0. The number of rotatable bonds is 8. The van der Waals surface area contributed by atoms with Gasteiger partial charge in [-0.2, -0.15) is 0 Å². The fraction of sp³-hybridized carbons (Fsp3) is 0.0714. The molecule has 3 nitrogen and oxygen atoms in total. The van der Waals surface area contributed by atoms with Crippen LogP contribution in [0.2, 0.25) is 0 Å². The summed E-state index contributed by atoms with van der Waals surface area (Å²) in [6.07, 6.45) is 0.711. The van der Waals surface area contributed by atoms with Crippen molar-refractivity contribution in [3.8, 4) is 11.5 Å². The van der Waals surface area contributed by atoms with Crippen LogP contribution in [0.5, 0.6) is 11.5 Å². The van der Waals surface area contributed by atoms with E-state index in [4.69, 9.17) is 4.74 Å². The smallest absolute Gasteiger partial charge is 0.167 e. The third kappa shape index (κ3) is 5.55. The third-order valence-electron chi connectivity index (χ3n) is 5.00. The molecule has 4 aromatic rings. The number of ketones is 2. The second kappa shape index (κ2) is 9.68. The highest BCUT2D eigenvalue weighted by atomic mass is 16.5. The topological polar surface area (TPSA) is 43.4 Å². The minimum atomic E-state index is 0.0925. The zero-order valence-electron chi connectivity index (χ0n) is 17.0. The fourth-order valence-corrected chi connectivity index (χ4v) is 3.31. The van der Waals surface area contributed by atoms with Gasteiger partial charge in [0.25, 0.3) is 0 Å². The quantitative estimate of drug-likeness (QED) is 0.321. The lowest BCUT2D eigenvalue weighted by atomic mass is 10.0. The lowest BCUT2D eigenvalue weighted by Gasteiger charge is -2.08. The molecule has 4 rings (SSSR count). The van der Waals surface area contributed by atoms with Crippen molar-refractivity contribution in [2.45, 2.75) is 12.8 Å². The molecule has 0 aliphatic carbocycles. The maximum absolute atomic E-state index is 12.3. The van der Waals surface area contributed by atoms with Crippen molar-refractivity contribution in [2.75, 3.05) is 0 Å². The van der Waals surface area contributed by atoms with E-state index in [1.54, 1.807) is 0 Å². The van der Waals surface area contributed by atoms with E-state index in [0.29, 0.717) is 35.5 Å². The summed E-state index contributed by atoms with van der Waals surface area (Å²) in [5, 5.41) is 0. The molecule has 0 bridgehead atoms. The number of Topliss-reactive ketones (excluding diaryl/α,β-unsaturated/α-hetero) is 2. The summed E-state index contributed by atoms with van der Waals surface area (Å²) >= 11 is 0. The number of hydrogen-bond acceptors (Lipinski definition) is 3. The van der Waals surface area contributed by atoms with E-state index < -0.39 is 0 Å². The molecule has 0 fully saturated rings. The van der Waals surface area contributed by atoms with Crippen molar-refractivity contribution in [1.82, 2.24) is 0 Å². The van der Waals surface area contributed by atoms with Crippen LogP contribution in [-0.2, 0) is 12.8 Å². The van der Waals surface area contributed by atoms with Crippen LogP contribution in [0.15, 0.2) is 109 Å². The maximum atomic E-state index is 12.3. The molecule has 3 heteroatoms. The summed E-state index contributed by atoms with van der Waals surface area (Å²) in [5.74, 6) is 1.58. The zero-order valence-corrected chi connectivity index (χ0v) is 17.0. The van der Waals surface area contributed by atoms with Crippen LogP contribution in [-0.4, -0.2) is 11.6 Å². The van der Waals surface area contributed by atoms with Gasteiger partial charge in [0.2, 0.25) is 0 Å². The Bertz CT molecular complexity index is 1050. The first-order valence-electron chi connectivity index (χ1n) is 10.2. The van der Waals surface area contributed by atoms with Crippen LogP contribution in [0.25, 0.3) is 0 Å². The van der Waals surface area contributed by atoms with Gasteiger partial charge in [-0.1, -0.05) is 84.9 Å². The average molecular weight is 406 g/mol. The van der Waals surface area contributed by atoms with Gasteiger partial charge in [0, 0.05) is 24.0 Å². The normalized spacial score (nSPS) is 10.5. The van der Waals surface area contributed by atoms with E-state index in [0.717, 1.165) is 11.1 Å². The van der Waals surface area contributed by atoms with Gasteiger partial charge in [-0.3, -0.25) is 9.59 Å². The number of benzene rings is 4. The van der Waals surface area contributed by atoms with Crippen LogP contribution < -0.4 is 4.74 Å². The molecule has 0 heterocycles.